The number of aromatic nitrogens is 1. The van der Waals surface area contributed by atoms with E-state index >= 15 is 0 Å². The largest absolute Gasteiger partial charge is 0.476 e. The molecule has 0 spiro atoms. The molecule has 1 aromatic heterocycles. The van der Waals surface area contributed by atoms with Crippen molar-refractivity contribution in [3.05, 3.63) is 16.1 Å². The molecule has 6 heteroatoms. The summed E-state index contributed by atoms with van der Waals surface area (Å²) in [5, 5.41) is 13.4. The summed E-state index contributed by atoms with van der Waals surface area (Å²) in [6, 6.07) is 0.189. The minimum atomic E-state index is -1.10. The van der Waals surface area contributed by atoms with Crippen LogP contribution >= 0.6 is 11.3 Å². The average Bonchev–Trinajstić information content (AvgIpc) is 2.77. The zero-order valence-corrected chi connectivity index (χ0v) is 11.7. The van der Waals surface area contributed by atoms with Crippen molar-refractivity contribution in [2.75, 3.05) is 0 Å². The van der Waals surface area contributed by atoms with E-state index in [0.29, 0.717) is 0 Å². The number of thiazole rings is 1. The molecule has 1 aliphatic rings. The fourth-order valence-electron chi connectivity index (χ4n) is 2.35. The zero-order valence-electron chi connectivity index (χ0n) is 10.9. The highest BCUT2D eigenvalue weighted by atomic mass is 32.1. The molecule has 1 fully saturated rings. The van der Waals surface area contributed by atoms with E-state index < -0.39 is 5.97 Å². The van der Waals surface area contributed by atoms with Gasteiger partial charge in [0.25, 0.3) is 5.91 Å². The zero-order chi connectivity index (χ0) is 13.8. The van der Waals surface area contributed by atoms with Crippen molar-refractivity contribution in [3.8, 4) is 0 Å². The third-order valence-corrected chi connectivity index (χ3v) is 4.35. The van der Waals surface area contributed by atoms with Gasteiger partial charge in [0.05, 0.1) is 0 Å². The van der Waals surface area contributed by atoms with Gasteiger partial charge in [0.2, 0.25) is 0 Å². The van der Waals surface area contributed by atoms with E-state index in [2.05, 4.69) is 17.2 Å². The number of carbonyl (C=O) groups excluding carboxylic acids is 1. The average molecular weight is 282 g/mol. The second kappa shape index (κ2) is 6.14. The van der Waals surface area contributed by atoms with Gasteiger partial charge < -0.3 is 10.4 Å². The summed E-state index contributed by atoms with van der Waals surface area (Å²) in [5.41, 5.74) is -0.0651. The number of carboxylic acid groups (broad SMARTS) is 1. The smallest absolute Gasteiger partial charge is 0.355 e. The van der Waals surface area contributed by atoms with Crippen LogP contribution in [0.1, 0.15) is 59.3 Å². The SMILES string of the molecule is CC1CCCC(NC(=O)c2nc(C(=O)O)cs2)CC1. The van der Waals surface area contributed by atoms with Gasteiger partial charge in [-0.15, -0.1) is 11.3 Å². The molecule has 0 bridgehead atoms. The molecule has 0 aromatic carbocycles. The Kier molecular flexibility index (Phi) is 4.52. The highest BCUT2D eigenvalue weighted by molar-refractivity contribution is 7.11. The molecule has 0 radical (unpaired) electrons. The Hall–Kier alpha value is -1.43. The van der Waals surface area contributed by atoms with Crippen molar-refractivity contribution in [2.24, 2.45) is 5.92 Å². The predicted molar refractivity (Wildman–Crippen MR) is 72.6 cm³/mol. The van der Waals surface area contributed by atoms with Crippen molar-refractivity contribution in [1.82, 2.24) is 10.3 Å². The number of nitrogens with zero attached hydrogens (tertiary/aromatic N) is 1. The highest BCUT2D eigenvalue weighted by Gasteiger charge is 2.20. The lowest BCUT2D eigenvalue weighted by molar-refractivity contribution is 0.0691. The summed E-state index contributed by atoms with van der Waals surface area (Å²) in [6.45, 7) is 2.24. The molecule has 2 rings (SSSR count). The number of amides is 1. The van der Waals surface area contributed by atoms with Crippen LogP contribution in [0.25, 0.3) is 0 Å². The molecule has 1 amide bonds. The van der Waals surface area contributed by atoms with Crippen LogP contribution in [0.4, 0.5) is 0 Å². The monoisotopic (exact) mass is 282 g/mol. The first-order valence-electron chi connectivity index (χ1n) is 6.56. The number of hydrogen-bond donors (Lipinski definition) is 2. The van der Waals surface area contributed by atoms with Crippen LogP contribution < -0.4 is 5.32 Å². The lowest BCUT2D eigenvalue weighted by Gasteiger charge is -2.15. The van der Waals surface area contributed by atoms with Crippen LogP contribution in [0.5, 0.6) is 0 Å². The first-order valence-corrected chi connectivity index (χ1v) is 7.44. The molecule has 0 saturated heterocycles. The van der Waals surface area contributed by atoms with Gasteiger partial charge in [-0.2, -0.15) is 0 Å². The Balaban J connectivity index is 1.94. The van der Waals surface area contributed by atoms with Gasteiger partial charge in [-0.05, 0) is 25.2 Å². The van der Waals surface area contributed by atoms with E-state index in [9.17, 15) is 9.59 Å². The van der Waals surface area contributed by atoms with Gasteiger partial charge in [-0.3, -0.25) is 4.79 Å². The van der Waals surface area contributed by atoms with E-state index in [1.54, 1.807) is 0 Å². The number of hydrogen-bond acceptors (Lipinski definition) is 4. The van der Waals surface area contributed by atoms with Gasteiger partial charge in [-0.25, -0.2) is 9.78 Å². The molecule has 5 nitrogen and oxygen atoms in total. The van der Waals surface area contributed by atoms with E-state index in [-0.39, 0.29) is 22.7 Å². The molecular formula is C13H18N2O3S. The summed E-state index contributed by atoms with van der Waals surface area (Å²) in [6.07, 6.45) is 5.46. The Labute approximate surface area is 116 Å². The molecule has 1 aliphatic carbocycles. The third kappa shape index (κ3) is 3.76. The fraction of sp³-hybridized carbons (Fsp3) is 0.615. The van der Waals surface area contributed by atoms with Crippen molar-refractivity contribution in [2.45, 2.75) is 45.1 Å². The van der Waals surface area contributed by atoms with Crippen LogP contribution in [0.3, 0.4) is 0 Å². The Morgan fingerprint density at radius 2 is 2.16 bits per heavy atom. The summed E-state index contributed by atoms with van der Waals surface area (Å²) in [7, 11) is 0. The third-order valence-electron chi connectivity index (χ3n) is 3.51. The molecule has 104 valence electrons. The van der Waals surface area contributed by atoms with Crippen LogP contribution in [0.2, 0.25) is 0 Å². The molecule has 2 unspecified atom stereocenters. The van der Waals surface area contributed by atoms with Crippen molar-refractivity contribution in [3.63, 3.8) is 0 Å². The first-order chi connectivity index (χ1) is 9.06. The fourth-order valence-corrected chi connectivity index (χ4v) is 3.05. The second-order valence-electron chi connectivity index (χ2n) is 5.13. The van der Waals surface area contributed by atoms with Crippen molar-refractivity contribution >= 4 is 23.2 Å². The number of carboxylic acids is 1. The Morgan fingerprint density at radius 3 is 2.84 bits per heavy atom. The van der Waals surface area contributed by atoms with Gasteiger partial charge in [-0.1, -0.05) is 19.8 Å². The number of carbonyl (C=O) groups is 2. The molecule has 2 N–H and O–H groups in total. The molecular weight excluding hydrogens is 264 g/mol. The lowest BCUT2D eigenvalue weighted by Crippen LogP contribution is -2.34. The Bertz CT molecular complexity index is 472. The standard InChI is InChI=1S/C13H18N2O3S/c1-8-3-2-4-9(6-5-8)14-11(16)12-15-10(7-19-12)13(17)18/h7-9H,2-6H2,1H3,(H,14,16)(H,17,18). The quantitative estimate of drug-likeness (QED) is 0.835. The predicted octanol–water partition coefficient (Wildman–Crippen LogP) is 2.54. The van der Waals surface area contributed by atoms with E-state index in [1.165, 1.54) is 11.8 Å². The van der Waals surface area contributed by atoms with Gasteiger partial charge in [0.1, 0.15) is 0 Å². The van der Waals surface area contributed by atoms with Crippen molar-refractivity contribution < 1.29 is 14.7 Å². The first kappa shape index (κ1) is 14.0. The minimum absolute atomic E-state index is 0.0651. The van der Waals surface area contributed by atoms with E-state index in [4.69, 9.17) is 5.11 Å². The second-order valence-corrected chi connectivity index (χ2v) is 5.98. The Morgan fingerprint density at radius 1 is 1.37 bits per heavy atom. The lowest BCUT2D eigenvalue weighted by atomic mass is 10.0. The van der Waals surface area contributed by atoms with E-state index in [1.807, 2.05) is 0 Å². The summed E-state index contributed by atoms with van der Waals surface area (Å²) in [4.78, 5) is 26.5. The molecule has 1 heterocycles. The van der Waals surface area contributed by atoms with Crippen LogP contribution in [-0.2, 0) is 0 Å². The minimum Gasteiger partial charge on any atom is -0.476 e. The van der Waals surface area contributed by atoms with E-state index in [0.717, 1.165) is 42.9 Å². The van der Waals surface area contributed by atoms with Gasteiger partial charge in [0, 0.05) is 11.4 Å². The molecule has 19 heavy (non-hydrogen) atoms. The van der Waals surface area contributed by atoms with Crippen molar-refractivity contribution in [1.29, 1.82) is 0 Å². The van der Waals surface area contributed by atoms with Gasteiger partial charge >= 0.3 is 5.97 Å². The molecule has 0 aliphatic heterocycles. The number of rotatable bonds is 3. The van der Waals surface area contributed by atoms with Crippen LogP contribution in [0.15, 0.2) is 5.38 Å². The summed E-state index contributed by atoms with van der Waals surface area (Å²) in [5.74, 6) is -0.629. The van der Waals surface area contributed by atoms with Crippen LogP contribution in [0, 0.1) is 5.92 Å². The maximum absolute atomic E-state index is 12.0. The number of nitrogens with one attached hydrogen (secondary N) is 1. The molecule has 1 aromatic rings. The molecule has 2 atom stereocenters. The maximum Gasteiger partial charge on any atom is 0.355 e. The van der Waals surface area contributed by atoms with Gasteiger partial charge in [0.15, 0.2) is 10.7 Å². The maximum atomic E-state index is 12.0. The number of aromatic carboxylic acids is 1. The normalized spacial score (nSPS) is 23.6. The topological polar surface area (TPSA) is 79.3 Å². The summed E-state index contributed by atoms with van der Waals surface area (Å²) < 4.78 is 0. The van der Waals surface area contributed by atoms with Crippen LogP contribution in [-0.4, -0.2) is 28.0 Å². The molecule has 1 saturated carbocycles. The summed E-state index contributed by atoms with van der Waals surface area (Å²) >= 11 is 1.08. The highest BCUT2D eigenvalue weighted by Crippen LogP contribution is 2.23.